The molecule has 0 heterocycles. The summed E-state index contributed by atoms with van der Waals surface area (Å²) < 4.78 is 26.1. The van der Waals surface area contributed by atoms with Crippen molar-refractivity contribution in [3.63, 3.8) is 0 Å². The average Bonchev–Trinajstić information content (AvgIpc) is 2.51. The summed E-state index contributed by atoms with van der Waals surface area (Å²) in [5.74, 6) is -3.11. The van der Waals surface area contributed by atoms with E-state index in [0.29, 0.717) is 11.6 Å². The monoisotopic (exact) mass is 319 g/mol. The predicted octanol–water partition coefficient (Wildman–Crippen LogP) is 2.11. The van der Waals surface area contributed by atoms with Gasteiger partial charge in [-0.05, 0) is 30.3 Å². The van der Waals surface area contributed by atoms with Crippen molar-refractivity contribution >= 4 is 17.5 Å². The van der Waals surface area contributed by atoms with Crippen LogP contribution in [0.1, 0.15) is 20.7 Å². The fourth-order valence-corrected chi connectivity index (χ4v) is 1.87. The van der Waals surface area contributed by atoms with Gasteiger partial charge in [-0.1, -0.05) is 6.07 Å². The Bertz CT molecular complexity index is 728. The number of carbonyl (C=O) groups excluding carboxylic acids is 2. The second-order valence-corrected chi connectivity index (χ2v) is 5.01. The minimum absolute atomic E-state index is 0.232. The second kappa shape index (κ2) is 6.87. The Kier molecular flexibility index (Phi) is 4.90. The van der Waals surface area contributed by atoms with E-state index < -0.39 is 23.4 Å². The minimum Gasteiger partial charge on any atom is -0.378 e. The number of amides is 2. The molecule has 0 unspecified atom stereocenters. The van der Waals surface area contributed by atoms with Crippen molar-refractivity contribution in [2.45, 2.75) is 0 Å². The summed E-state index contributed by atoms with van der Waals surface area (Å²) in [5.41, 5.74) is 5.23. The van der Waals surface area contributed by atoms with Gasteiger partial charge in [0.2, 0.25) is 0 Å². The summed E-state index contributed by atoms with van der Waals surface area (Å²) in [6.07, 6.45) is 0. The van der Waals surface area contributed by atoms with Crippen LogP contribution in [0.15, 0.2) is 42.5 Å². The van der Waals surface area contributed by atoms with Crippen LogP contribution in [-0.2, 0) is 0 Å². The van der Waals surface area contributed by atoms with E-state index in [9.17, 15) is 18.4 Å². The third kappa shape index (κ3) is 4.26. The topological polar surface area (TPSA) is 61.4 Å². The summed E-state index contributed by atoms with van der Waals surface area (Å²) in [6, 6.07) is 9.15. The fourth-order valence-electron chi connectivity index (χ4n) is 1.87. The highest BCUT2D eigenvalue weighted by Crippen LogP contribution is 2.13. The van der Waals surface area contributed by atoms with Gasteiger partial charge in [0.1, 0.15) is 11.6 Å². The maximum atomic E-state index is 13.1. The molecular formula is C16H15F2N3O2. The molecule has 2 aromatic rings. The number of anilines is 1. The lowest BCUT2D eigenvalue weighted by Gasteiger charge is -2.13. The van der Waals surface area contributed by atoms with Crippen LogP contribution in [0.25, 0.3) is 0 Å². The summed E-state index contributed by atoms with van der Waals surface area (Å²) in [6.45, 7) is 0. The lowest BCUT2D eigenvalue weighted by atomic mass is 10.2. The molecule has 2 rings (SSSR count). The van der Waals surface area contributed by atoms with Crippen molar-refractivity contribution in [1.29, 1.82) is 0 Å². The second-order valence-electron chi connectivity index (χ2n) is 5.01. The van der Waals surface area contributed by atoms with E-state index >= 15 is 0 Å². The first-order chi connectivity index (χ1) is 10.9. The van der Waals surface area contributed by atoms with Gasteiger partial charge < -0.3 is 4.90 Å². The minimum atomic E-state index is -0.875. The molecule has 120 valence electrons. The number of rotatable bonds is 3. The third-order valence-corrected chi connectivity index (χ3v) is 3.04. The van der Waals surface area contributed by atoms with Gasteiger partial charge >= 0.3 is 0 Å². The smallest absolute Gasteiger partial charge is 0.269 e. The Morgan fingerprint density at radius 3 is 2.00 bits per heavy atom. The molecule has 0 bridgehead atoms. The Morgan fingerprint density at radius 1 is 0.870 bits per heavy atom. The van der Waals surface area contributed by atoms with E-state index in [-0.39, 0.29) is 5.56 Å². The van der Waals surface area contributed by atoms with Gasteiger partial charge in [-0.3, -0.25) is 20.4 Å². The lowest BCUT2D eigenvalue weighted by Crippen LogP contribution is -2.41. The van der Waals surface area contributed by atoms with Crippen molar-refractivity contribution in [2.75, 3.05) is 19.0 Å². The van der Waals surface area contributed by atoms with E-state index in [1.165, 1.54) is 0 Å². The molecule has 2 amide bonds. The molecule has 0 atom stereocenters. The Hall–Kier alpha value is -2.96. The van der Waals surface area contributed by atoms with Gasteiger partial charge in [-0.25, -0.2) is 8.78 Å². The highest BCUT2D eigenvalue weighted by atomic mass is 19.1. The number of hydrazine groups is 1. The lowest BCUT2D eigenvalue weighted by molar-refractivity contribution is 0.0846. The summed E-state index contributed by atoms with van der Waals surface area (Å²) in [7, 11) is 3.66. The number of carbonyl (C=O) groups is 2. The van der Waals surface area contributed by atoms with Crippen LogP contribution >= 0.6 is 0 Å². The summed E-state index contributed by atoms with van der Waals surface area (Å²) >= 11 is 0. The van der Waals surface area contributed by atoms with Crippen LogP contribution in [-0.4, -0.2) is 25.9 Å². The van der Waals surface area contributed by atoms with Gasteiger partial charge in [0.15, 0.2) is 0 Å². The summed E-state index contributed by atoms with van der Waals surface area (Å²) in [5, 5.41) is 0. The molecule has 7 heteroatoms. The van der Waals surface area contributed by atoms with E-state index in [1.807, 2.05) is 25.1 Å². The molecule has 23 heavy (non-hydrogen) atoms. The summed E-state index contributed by atoms with van der Waals surface area (Å²) in [4.78, 5) is 25.6. The fraction of sp³-hybridized carbons (Fsp3) is 0.125. The zero-order chi connectivity index (χ0) is 17.0. The molecule has 0 aliphatic rings. The van der Waals surface area contributed by atoms with E-state index in [1.54, 1.807) is 18.2 Å². The SMILES string of the molecule is CN(C)c1cccc(C(=O)NNC(=O)c2cc(F)cc(F)c2)c1. The first-order valence-electron chi connectivity index (χ1n) is 6.71. The molecule has 0 fully saturated rings. The number of nitrogens with one attached hydrogen (secondary N) is 2. The van der Waals surface area contributed by atoms with Crippen molar-refractivity contribution in [1.82, 2.24) is 10.9 Å². The van der Waals surface area contributed by atoms with Gasteiger partial charge in [0, 0.05) is 37.0 Å². The van der Waals surface area contributed by atoms with Crippen molar-refractivity contribution in [3.8, 4) is 0 Å². The maximum Gasteiger partial charge on any atom is 0.269 e. The van der Waals surface area contributed by atoms with Crippen molar-refractivity contribution in [3.05, 3.63) is 65.2 Å². The van der Waals surface area contributed by atoms with Crippen LogP contribution in [0, 0.1) is 11.6 Å². The quantitative estimate of drug-likeness (QED) is 0.852. The van der Waals surface area contributed by atoms with Gasteiger partial charge in [0.05, 0.1) is 0 Å². The molecule has 0 saturated carbocycles. The molecule has 5 nitrogen and oxygen atoms in total. The number of hydrogen-bond acceptors (Lipinski definition) is 3. The average molecular weight is 319 g/mol. The van der Waals surface area contributed by atoms with Crippen LogP contribution in [0.4, 0.5) is 14.5 Å². The molecule has 2 N–H and O–H groups in total. The van der Waals surface area contributed by atoms with Crippen LogP contribution < -0.4 is 15.8 Å². The normalized spacial score (nSPS) is 10.1. The zero-order valence-electron chi connectivity index (χ0n) is 12.6. The van der Waals surface area contributed by atoms with E-state index in [0.717, 1.165) is 17.8 Å². The van der Waals surface area contributed by atoms with Gasteiger partial charge in [-0.2, -0.15) is 0 Å². The third-order valence-electron chi connectivity index (χ3n) is 3.04. The molecule has 0 aromatic heterocycles. The number of benzene rings is 2. The van der Waals surface area contributed by atoms with Gasteiger partial charge in [0.25, 0.3) is 11.8 Å². The molecule has 0 aliphatic carbocycles. The molecule has 0 aliphatic heterocycles. The highest BCUT2D eigenvalue weighted by molar-refractivity contribution is 5.99. The van der Waals surface area contributed by atoms with Crippen LogP contribution in [0.5, 0.6) is 0 Å². The van der Waals surface area contributed by atoms with E-state index in [2.05, 4.69) is 10.9 Å². The Morgan fingerprint density at radius 2 is 1.43 bits per heavy atom. The number of hydrogen-bond donors (Lipinski definition) is 2. The number of halogens is 2. The van der Waals surface area contributed by atoms with E-state index in [4.69, 9.17) is 0 Å². The largest absolute Gasteiger partial charge is 0.378 e. The van der Waals surface area contributed by atoms with Crippen molar-refractivity contribution < 1.29 is 18.4 Å². The van der Waals surface area contributed by atoms with Crippen molar-refractivity contribution in [2.24, 2.45) is 0 Å². The molecule has 2 aromatic carbocycles. The van der Waals surface area contributed by atoms with Crippen LogP contribution in [0.3, 0.4) is 0 Å². The highest BCUT2D eigenvalue weighted by Gasteiger charge is 2.12. The standard InChI is InChI=1S/C16H15F2N3O2/c1-21(2)14-5-3-4-10(8-14)15(22)19-20-16(23)11-6-12(17)9-13(18)7-11/h3-9H,1-2H3,(H,19,22)(H,20,23). The molecule has 0 saturated heterocycles. The molecule has 0 radical (unpaired) electrons. The maximum absolute atomic E-state index is 13.1. The first-order valence-corrected chi connectivity index (χ1v) is 6.71. The Labute approximate surface area is 131 Å². The van der Waals surface area contributed by atoms with Crippen LogP contribution in [0.2, 0.25) is 0 Å². The predicted molar refractivity (Wildman–Crippen MR) is 82.1 cm³/mol. The molecular weight excluding hydrogens is 304 g/mol. The molecule has 0 spiro atoms. The zero-order valence-corrected chi connectivity index (χ0v) is 12.6. The Balaban J connectivity index is 2.04. The first kappa shape index (κ1) is 16.4. The van der Waals surface area contributed by atoms with Gasteiger partial charge in [-0.15, -0.1) is 0 Å². The number of nitrogens with zero attached hydrogens (tertiary/aromatic N) is 1.